The van der Waals surface area contributed by atoms with Crippen LogP contribution >= 0.6 is 0 Å². The number of amides is 3. The number of ether oxygens (including phenoxy) is 1. The monoisotopic (exact) mass is 1400 g/mol. The molecule has 546 valence electrons. The molecule has 6 aliphatic heterocycles. The number of anilines is 2. The molecule has 4 aromatic heterocycles. The molecule has 0 spiro atoms. The molecule has 10 atom stereocenters. The Hall–Kier alpha value is -9.07. The van der Waals surface area contributed by atoms with Gasteiger partial charge in [0, 0.05) is 30.4 Å². The normalized spacial score (nSPS) is 23.0. The number of nitrogens with zero attached hydrogens (tertiary/aromatic N) is 8. The van der Waals surface area contributed by atoms with Crippen LogP contribution in [0.2, 0.25) is 0 Å². The summed E-state index contributed by atoms with van der Waals surface area (Å²) in [5.74, 6) is 4.04. The van der Waals surface area contributed by atoms with Gasteiger partial charge in [-0.2, -0.15) is 0 Å². The summed E-state index contributed by atoms with van der Waals surface area (Å²) in [5.41, 5.74) is 18.5. The second kappa shape index (κ2) is 28.8. The molecular formula is C85H107N15O4. The number of benzene rings is 6. The Morgan fingerprint density at radius 1 is 0.433 bits per heavy atom. The average molecular weight is 1400 g/mol. The van der Waals surface area contributed by atoms with Crippen molar-refractivity contribution < 1.29 is 19.1 Å². The van der Waals surface area contributed by atoms with Crippen LogP contribution in [0.15, 0.2) is 121 Å². The van der Waals surface area contributed by atoms with Gasteiger partial charge in [-0.1, -0.05) is 125 Å². The minimum atomic E-state index is -0.689. The molecule has 6 aromatic carbocycles. The molecule has 6 fully saturated rings. The smallest absolute Gasteiger partial charge is 0.407 e. The van der Waals surface area contributed by atoms with Gasteiger partial charge in [0.15, 0.2) is 0 Å². The molecular weight excluding hydrogens is 1300 g/mol. The lowest BCUT2D eigenvalue weighted by atomic mass is 9.87. The number of nitrogens with one attached hydrogen (secondary N) is 7. The number of aromatic amines is 4. The van der Waals surface area contributed by atoms with E-state index in [0.29, 0.717) is 18.6 Å². The largest absolute Gasteiger partial charge is 0.453 e. The van der Waals surface area contributed by atoms with Crippen molar-refractivity contribution in [2.45, 2.75) is 218 Å². The number of imidazole rings is 4. The lowest BCUT2D eigenvalue weighted by molar-refractivity contribution is -0.137. The Kier molecular flexibility index (Phi) is 19.5. The highest BCUT2D eigenvalue weighted by atomic mass is 16.5. The third-order valence-electron chi connectivity index (χ3n) is 23.7. The van der Waals surface area contributed by atoms with Crippen LogP contribution in [-0.4, -0.2) is 107 Å². The van der Waals surface area contributed by atoms with Gasteiger partial charge in [-0.15, -0.1) is 0 Å². The van der Waals surface area contributed by atoms with Gasteiger partial charge in [-0.3, -0.25) is 9.59 Å². The van der Waals surface area contributed by atoms with Gasteiger partial charge in [0.2, 0.25) is 11.8 Å². The number of rotatable bonds is 15. The minimum absolute atomic E-state index is 0.0273. The quantitative estimate of drug-likeness (QED) is 0.0509. The van der Waals surface area contributed by atoms with Gasteiger partial charge < -0.3 is 60.2 Å². The number of aromatic nitrogens is 8. The molecule has 0 aliphatic carbocycles. The summed E-state index contributed by atoms with van der Waals surface area (Å²) >= 11 is 0. The second-order valence-corrected chi connectivity index (χ2v) is 33.3. The Balaban J connectivity index is 0.000000177. The number of hydrogen-bond donors (Lipinski definition) is 7. The number of hydrogen-bond acceptors (Lipinski definition) is 12. The predicted octanol–water partition coefficient (Wildman–Crippen LogP) is 17.5. The first-order chi connectivity index (χ1) is 50.0. The van der Waals surface area contributed by atoms with Gasteiger partial charge >= 0.3 is 6.09 Å². The lowest BCUT2D eigenvalue weighted by Crippen LogP contribution is -2.51. The SMILES string of the molecule is CC(C)(C)c1ccc(N2C(c3ccc4nc(C5CCCN5)[nH]c4c3)CCC2c2ccc3nc([C@@H]4CCCN4)[nH]c3c2)cc1.COC(=O)N[C@H](C(=O)N1CCCC1c1nc2ccc(C3CCC(c4ccc5nc(C6CCCN6C(=O)[C@@H](C)C(C)C)[nH]c5c4)N3c3ccc(C(C)(C)C)cc3)cc2[nH]1)C(C)C. The van der Waals surface area contributed by atoms with E-state index in [9.17, 15) is 14.4 Å². The zero-order chi connectivity index (χ0) is 72.5. The van der Waals surface area contributed by atoms with E-state index in [1.165, 1.54) is 64.7 Å². The number of H-pyrrole nitrogens is 4. The highest BCUT2D eigenvalue weighted by Crippen LogP contribution is 2.51. The first-order valence-electron chi connectivity index (χ1n) is 38.7. The van der Waals surface area contributed by atoms with E-state index in [1.807, 2.05) is 30.6 Å². The van der Waals surface area contributed by atoms with Crippen LogP contribution < -0.4 is 25.8 Å². The van der Waals surface area contributed by atoms with E-state index >= 15 is 0 Å². The highest BCUT2D eigenvalue weighted by Gasteiger charge is 2.42. The Labute approximate surface area is 612 Å². The van der Waals surface area contributed by atoms with Crippen LogP contribution in [0.1, 0.15) is 258 Å². The van der Waals surface area contributed by atoms with Crippen molar-refractivity contribution >= 4 is 73.4 Å². The van der Waals surface area contributed by atoms with Crippen LogP contribution in [-0.2, 0) is 25.2 Å². The van der Waals surface area contributed by atoms with Crippen LogP contribution in [0.5, 0.6) is 0 Å². The van der Waals surface area contributed by atoms with Crippen molar-refractivity contribution in [1.82, 2.24) is 65.6 Å². The first kappa shape index (κ1) is 70.6. The predicted molar refractivity (Wildman–Crippen MR) is 415 cm³/mol. The van der Waals surface area contributed by atoms with Crippen LogP contribution in [0.4, 0.5) is 16.2 Å². The zero-order valence-electron chi connectivity index (χ0n) is 63.0. The van der Waals surface area contributed by atoms with E-state index in [4.69, 9.17) is 24.7 Å². The lowest BCUT2D eigenvalue weighted by Gasteiger charge is -2.34. The second-order valence-electron chi connectivity index (χ2n) is 33.3. The summed E-state index contributed by atoms with van der Waals surface area (Å²) < 4.78 is 4.83. The molecule has 6 saturated heterocycles. The third kappa shape index (κ3) is 14.0. The molecule has 0 bridgehead atoms. The molecule has 19 heteroatoms. The Bertz CT molecular complexity index is 4630. The maximum Gasteiger partial charge on any atom is 0.407 e. The fraction of sp³-hybridized carbons (Fsp3) is 0.494. The molecule has 7 N–H and O–H groups in total. The molecule has 10 aromatic rings. The van der Waals surface area contributed by atoms with Crippen molar-refractivity contribution in [3.05, 3.63) is 178 Å². The summed E-state index contributed by atoms with van der Waals surface area (Å²) in [5, 5.41) is 9.93. The van der Waals surface area contributed by atoms with E-state index in [1.54, 1.807) is 0 Å². The fourth-order valence-corrected chi connectivity index (χ4v) is 17.5. The van der Waals surface area contributed by atoms with Crippen LogP contribution in [0.3, 0.4) is 0 Å². The van der Waals surface area contributed by atoms with Crippen molar-refractivity contribution in [2.24, 2.45) is 17.8 Å². The number of carbonyl (C=O) groups excluding carboxylic acids is 3. The summed E-state index contributed by atoms with van der Waals surface area (Å²) in [6.07, 6.45) is 11.8. The van der Waals surface area contributed by atoms with Crippen molar-refractivity contribution in [3.63, 3.8) is 0 Å². The molecule has 3 amide bonds. The van der Waals surface area contributed by atoms with Crippen molar-refractivity contribution in [3.8, 4) is 0 Å². The average Bonchev–Trinajstić information content (AvgIpc) is 1.41. The minimum Gasteiger partial charge on any atom is -0.453 e. The molecule has 0 saturated carbocycles. The van der Waals surface area contributed by atoms with Crippen molar-refractivity contribution in [2.75, 3.05) is 43.1 Å². The molecule has 16 rings (SSSR count). The zero-order valence-corrected chi connectivity index (χ0v) is 63.0. The topological polar surface area (TPSA) is 224 Å². The summed E-state index contributed by atoms with van der Waals surface area (Å²) in [6.45, 7) is 27.3. The van der Waals surface area contributed by atoms with E-state index < -0.39 is 12.1 Å². The van der Waals surface area contributed by atoms with Gasteiger partial charge in [0.05, 0.1) is 99.6 Å². The van der Waals surface area contributed by atoms with Crippen LogP contribution in [0, 0.1) is 17.8 Å². The number of likely N-dealkylation sites (tertiary alicyclic amines) is 2. The molecule has 19 nitrogen and oxygen atoms in total. The summed E-state index contributed by atoms with van der Waals surface area (Å²) in [6, 6.07) is 45.9. The maximum absolute atomic E-state index is 13.9. The molecule has 104 heavy (non-hydrogen) atoms. The Morgan fingerprint density at radius 2 is 0.788 bits per heavy atom. The molecule has 6 aliphatic rings. The van der Waals surface area contributed by atoms with E-state index in [2.05, 4.69) is 222 Å². The van der Waals surface area contributed by atoms with E-state index in [0.717, 1.165) is 151 Å². The van der Waals surface area contributed by atoms with Crippen LogP contribution in [0.25, 0.3) is 44.1 Å². The standard InChI is InChI=1S/C49H64N8O4.C36H43N7/c1-28(2)30(5)46(58)55-24-10-12-41(55)44-50-35-20-14-31(26-37(35)52-44)39-22-23-40(57(39)34-18-16-33(17-19-34)49(6,7)8)32-15-21-36-38(27-32)53-45(51-36)42-13-11-25-56(42)47(59)43(29(3)4)54-48(60)61-9;1-36(2,3)24-10-12-25(13-11-24)43-32(22-8-14-26-30(20-22)41-34(39-26)28-6-4-18-37-28)16-17-33(43)23-9-15-27-31(21-23)42-35(40-27)29-7-5-19-38-29/h14-21,26-30,39-43H,10-13,22-25H2,1-9H3,(H,50,52)(H,51,53)(H,54,60);8-15,20-21,28-29,32-33,37-38H,4-7,16-19H2,1-3H3,(H,39,41)(H,40,42)/t30-,39?,40?,41?,42?,43-;28-,29?,32?,33?/m00/s1. The molecule has 7 unspecified atom stereocenters. The van der Waals surface area contributed by atoms with Gasteiger partial charge in [-0.05, 0) is 219 Å². The fourth-order valence-electron chi connectivity index (χ4n) is 17.5. The number of alkyl carbamates (subject to hydrolysis) is 1. The van der Waals surface area contributed by atoms with Gasteiger partial charge in [0.1, 0.15) is 29.3 Å². The van der Waals surface area contributed by atoms with Crippen molar-refractivity contribution in [1.29, 1.82) is 0 Å². The molecule has 10 heterocycles. The summed E-state index contributed by atoms with van der Waals surface area (Å²) in [7, 11) is 1.31. The number of carbonyl (C=O) groups is 3. The highest BCUT2D eigenvalue weighted by molar-refractivity contribution is 5.87. The van der Waals surface area contributed by atoms with Gasteiger partial charge in [-0.25, -0.2) is 24.7 Å². The number of fused-ring (bicyclic) bond motifs is 4. The first-order valence-corrected chi connectivity index (χ1v) is 38.7. The number of methoxy groups -OCH3 is 1. The van der Waals surface area contributed by atoms with Gasteiger partial charge in [0.25, 0.3) is 0 Å². The van der Waals surface area contributed by atoms with E-state index in [-0.39, 0.29) is 76.6 Å². The third-order valence-corrected chi connectivity index (χ3v) is 23.7. The maximum atomic E-state index is 13.9. The summed E-state index contributed by atoms with van der Waals surface area (Å²) in [4.78, 5) is 83.3. The molecule has 0 radical (unpaired) electrons. The Morgan fingerprint density at radius 3 is 1.12 bits per heavy atom.